The van der Waals surface area contributed by atoms with E-state index in [0.717, 1.165) is 51.0 Å². The Labute approximate surface area is 180 Å². The molecule has 2 aliphatic heterocycles. The molecule has 0 amide bonds. The molecule has 2 saturated heterocycles. The highest BCUT2D eigenvalue weighted by Crippen LogP contribution is 2.71. The maximum absolute atomic E-state index is 9.87. The predicted octanol–water partition coefficient (Wildman–Crippen LogP) is 4.74. The molecule has 0 aromatic heterocycles. The lowest BCUT2D eigenvalue weighted by molar-refractivity contribution is -0.335. The molecule has 4 aliphatic carbocycles. The van der Waals surface area contributed by atoms with Crippen LogP contribution >= 0.6 is 0 Å². The minimum absolute atomic E-state index is 0.0623. The van der Waals surface area contributed by atoms with Crippen molar-refractivity contribution in [1.82, 2.24) is 0 Å². The first-order valence-corrected chi connectivity index (χ1v) is 12.4. The van der Waals surface area contributed by atoms with Crippen molar-refractivity contribution in [3.8, 4) is 0 Å². The lowest BCUT2D eigenvalue weighted by atomic mass is 9.45. The van der Waals surface area contributed by atoms with E-state index >= 15 is 0 Å². The second kappa shape index (κ2) is 6.77. The molecule has 0 aromatic carbocycles. The number of rotatable bonds is 2. The molecule has 0 bridgehead atoms. The van der Waals surface area contributed by atoms with Crippen molar-refractivity contribution in [3.05, 3.63) is 11.6 Å². The summed E-state index contributed by atoms with van der Waals surface area (Å²) in [7, 11) is 0. The molecular formula is C25H38O5. The van der Waals surface area contributed by atoms with Gasteiger partial charge >= 0.3 is 0 Å². The summed E-state index contributed by atoms with van der Waals surface area (Å²) in [6, 6.07) is 0. The first-order chi connectivity index (χ1) is 14.5. The molecule has 2 spiro atoms. The van der Waals surface area contributed by atoms with Crippen LogP contribution in [0.1, 0.15) is 78.1 Å². The van der Waals surface area contributed by atoms with Crippen molar-refractivity contribution in [2.24, 2.45) is 34.5 Å². The van der Waals surface area contributed by atoms with Crippen molar-refractivity contribution in [1.29, 1.82) is 0 Å². The normalized spacial score (nSPS) is 54.8. The Morgan fingerprint density at radius 3 is 2.60 bits per heavy atom. The minimum Gasteiger partial charge on any atom is -0.396 e. The molecule has 0 aromatic rings. The maximum atomic E-state index is 9.87. The summed E-state index contributed by atoms with van der Waals surface area (Å²) in [6.07, 6.45) is 13.6. The first-order valence-electron chi connectivity index (χ1n) is 12.4. The van der Waals surface area contributed by atoms with Gasteiger partial charge in [-0.1, -0.05) is 25.5 Å². The highest BCUT2D eigenvalue weighted by Gasteiger charge is 2.69. The quantitative estimate of drug-likeness (QED) is 0.519. The molecule has 168 valence electrons. The van der Waals surface area contributed by atoms with E-state index in [1.54, 1.807) is 5.57 Å². The highest BCUT2D eigenvalue weighted by atomic mass is 17.2. The van der Waals surface area contributed by atoms with E-state index in [0.29, 0.717) is 24.4 Å². The smallest absolute Gasteiger partial charge is 0.112 e. The highest BCUT2D eigenvalue weighted by molar-refractivity contribution is 5.28. The van der Waals surface area contributed by atoms with E-state index in [2.05, 4.69) is 19.9 Å². The van der Waals surface area contributed by atoms with Gasteiger partial charge in [-0.05, 0) is 74.0 Å². The monoisotopic (exact) mass is 418 g/mol. The van der Waals surface area contributed by atoms with Gasteiger partial charge in [-0.15, -0.1) is 0 Å². The average Bonchev–Trinajstić information content (AvgIpc) is 3.44. The fourth-order valence-corrected chi connectivity index (χ4v) is 9.23. The van der Waals surface area contributed by atoms with Crippen LogP contribution < -0.4 is 0 Å². The van der Waals surface area contributed by atoms with Crippen LogP contribution in [0.2, 0.25) is 0 Å². The van der Waals surface area contributed by atoms with Crippen LogP contribution in [0.3, 0.4) is 0 Å². The van der Waals surface area contributed by atoms with Gasteiger partial charge in [0.05, 0.1) is 13.2 Å². The fourth-order valence-electron chi connectivity index (χ4n) is 9.23. The minimum atomic E-state index is -0.140. The van der Waals surface area contributed by atoms with E-state index in [1.807, 2.05) is 0 Å². The number of allylic oxidation sites excluding steroid dienone is 1. The molecule has 5 fully saturated rings. The molecule has 1 N–H and O–H groups in total. The molecule has 3 saturated carbocycles. The van der Waals surface area contributed by atoms with Gasteiger partial charge in [-0.3, -0.25) is 0 Å². The van der Waals surface area contributed by atoms with Gasteiger partial charge < -0.3 is 5.11 Å². The molecule has 30 heavy (non-hydrogen) atoms. The molecule has 5 nitrogen and oxygen atoms in total. The zero-order valence-electron chi connectivity index (χ0n) is 18.7. The molecule has 2 unspecified atom stereocenters. The molecule has 6 aliphatic rings. The van der Waals surface area contributed by atoms with E-state index < -0.39 is 0 Å². The number of fused-ring (bicyclic) bond motifs is 6. The number of aliphatic hydroxyl groups excluding tert-OH is 1. The average molecular weight is 419 g/mol. The largest absolute Gasteiger partial charge is 0.396 e. The van der Waals surface area contributed by atoms with Crippen molar-refractivity contribution < 1.29 is 24.7 Å². The van der Waals surface area contributed by atoms with E-state index in [1.165, 1.54) is 25.7 Å². The maximum Gasteiger partial charge on any atom is 0.112 e. The van der Waals surface area contributed by atoms with Crippen molar-refractivity contribution >= 4 is 0 Å². The summed E-state index contributed by atoms with van der Waals surface area (Å²) in [5.74, 6) is 2.57. The van der Waals surface area contributed by atoms with Crippen molar-refractivity contribution in [2.75, 3.05) is 19.8 Å². The summed E-state index contributed by atoms with van der Waals surface area (Å²) in [6.45, 7) is 6.77. The van der Waals surface area contributed by atoms with Gasteiger partial charge in [0.15, 0.2) is 0 Å². The number of hydrogen-bond donors (Lipinski definition) is 1. The molecular weight excluding hydrogens is 380 g/mol. The predicted molar refractivity (Wildman–Crippen MR) is 111 cm³/mol. The first kappa shape index (κ1) is 20.2. The summed E-state index contributed by atoms with van der Waals surface area (Å²) < 4.78 is 0. The Balaban J connectivity index is 1.35. The Kier molecular flexibility index (Phi) is 4.55. The summed E-state index contributed by atoms with van der Waals surface area (Å²) in [5.41, 5.74) is 1.88. The zero-order chi connectivity index (χ0) is 20.6. The fraction of sp³-hybridized carbons (Fsp3) is 0.920. The van der Waals surface area contributed by atoms with Gasteiger partial charge in [0, 0.05) is 31.3 Å². The van der Waals surface area contributed by atoms with Gasteiger partial charge in [0.25, 0.3) is 0 Å². The van der Waals surface area contributed by atoms with Gasteiger partial charge in [-0.25, -0.2) is 19.6 Å². The Hall–Kier alpha value is -0.460. The second-order valence-corrected chi connectivity index (χ2v) is 11.8. The third kappa shape index (κ3) is 2.53. The van der Waals surface area contributed by atoms with Crippen molar-refractivity contribution in [2.45, 2.75) is 89.3 Å². The van der Waals surface area contributed by atoms with Crippen molar-refractivity contribution in [3.63, 3.8) is 0 Å². The Morgan fingerprint density at radius 2 is 1.87 bits per heavy atom. The Bertz CT molecular complexity index is 721. The van der Waals surface area contributed by atoms with Crippen LogP contribution in [0.4, 0.5) is 0 Å². The van der Waals surface area contributed by atoms with Crippen LogP contribution in [0.25, 0.3) is 0 Å². The Morgan fingerprint density at radius 1 is 1.03 bits per heavy atom. The number of hydrogen-bond acceptors (Lipinski definition) is 5. The summed E-state index contributed by atoms with van der Waals surface area (Å²) in [4.78, 5) is 22.8. The van der Waals surface area contributed by atoms with Gasteiger partial charge in [0.1, 0.15) is 11.2 Å². The molecule has 5 heteroatoms. The molecule has 2 heterocycles. The molecule has 6 rings (SSSR count). The lowest BCUT2D eigenvalue weighted by Gasteiger charge is -2.60. The second-order valence-electron chi connectivity index (χ2n) is 11.8. The molecule has 8 atom stereocenters. The van der Waals surface area contributed by atoms with Gasteiger partial charge in [-0.2, -0.15) is 0 Å². The lowest BCUT2D eigenvalue weighted by Crippen LogP contribution is -2.55. The standard InChI is InChI=1S/C25H38O5/c1-22-8-9-24(10-13-27-29-24)16-18(22)3-4-19-20(22)5-7-23(2)21(19)17(6-12-26)15-25(23)11-14-28-30-25/h3,17,19-21,26H,4-16H2,1-2H3/t17-,19+,20-,21-,22-,23-,24?,25?/m0/s1. The SMILES string of the molecule is C[C@]12CCC3(CCOO3)CC1=CC[C@H]1[C@@H]3[C@@H](CCO)CC4(CCOO4)[C@@]3(C)CC[C@@H]12. The third-order valence-electron chi connectivity index (χ3n) is 10.8. The third-order valence-corrected chi connectivity index (χ3v) is 10.8. The number of aliphatic hydroxyl groups is 1. The van der Waals surface area contributed by atoms with Crippen LogP contribution in [0, 0.1) is 34.5 Å². The van der Waals surface area contributed by atoms with Gasteiger partial charge in [0.2, 0.25) is 0 Å². The molecule has 0 radical (unpaired) electrons. The van der Waals surface area contributed by atoms with E-state index in [9.17, 15) is 5.11 Å². The van der Waals surface area contributed by atoms with Crippen LogP contribution in [-0.2, 0) is 19.6 Å². The topological polar surface area (TPSA) is 57.2 Å². The van der Waals surface area contributed by atoms with Crippen LogP contribution in [0.5, 0.6) is 0 Å². The zero-order valence-corrected chi connectivity index (χ0v) is 18.7. The van der Waals surface area contributed by atoms with Crippen LogP contribution in [0.15, 0.2) is 11.6 Å². The van der Waals surface area contributed by atoms with E-state index in [4.69, 9.17) is 19.6 Å². The summed E-state index contributed by atoms with van der Waals surface area (Å²) in [5, 5.41) is 9.87. The summed E-state index contributed by atoms with van der Waals surface area (Å²) >= 11 is 0. The van der Waals surface area contributed by atoms with Crippen LogP contribution in [-0.4, -0.2) is 36.1 Å². The van der Waals surface area contributed by atoms with E-state index in [-0.39, 0.29) is 28.6 Å².